The molecule has 0 fully saturated rings. The van der Waals surface area contributed by atoms with E-state index in [1.165, 1.54) is 17.4 Å². The SMILES string of the molecule is CCOC(=O)C1=C(C)N=c2sc(=Cc3ccc(O)c(OCC)c3)c(=O)n2C1c1ccc(N(C)C)cc1. The molecular weight excluding hydrogens is 478 g/mol. The predicted molar refractivity (Wildman–Crippen MR) is 140 cm³/mol. The van der Waals surface area contributed by atoms with Gasteiger partial charge in [-0.1, -0.05) is 29.5 Å². The standard InChI is InChI=1S/C27H29N3O5S/c1-6-34-21-14-17(8-13-20(21)31)15-22-25(32)30-24(18-9-11-19(12-10-18)29(4)5)23(26(33)35-7-2)16(3)28-27(30)36-22/h8-15,24,31H,6-7H2,1-5H3. The van der Waals surface area contributed by atoms with Gasteiger partial charge < -0.3 is 19.5 Å². The van der Waals surface area contributed by atoms with Gasteiger partial charge in [0.15, 0.2) is 16.3 Å². The van der Waals surface area contributed by atoms with E-state index in [-0.39, 0.29) is 17.9 Å². The van der Waals surface area contributed by atoms with Crippen molar-refractivity contribution in [3.05, 3.63) is 84.5 Å². The highest BCUT2D eigenvalue weighted by Crippen LogP contribution is 2.32. The molecule has 0 spiro atoms. The van der Waals surface area contributed by atoms with Crippen LogP contribution in [0.15, 0.2) is 63.5 Å². The molecule has 1 atom stereocenters. The fourth-order valence-corrected chi connectivity index (χ4v) is 5.15. The number of fused-ring (bicyclic) bond motifs is 1. The third-order valence-corrected chi connectivity index (χ3v) is 6.81. The topological polar surface area (TPSA) is 93.4 Å². The zero-order chi connectivity index (χ0) is 26.0. The second-order valence-corrected chi connectivity index (χ2v) is 9.46. The molecule has 1 N–H and O–H groups in total. The van der Waals surface area contributed by atoms with Crippen molar-refractivity contribution in [3.8, 4) is 11.5 Å². The van der Waals surface area contributed by atoms with Gasteiger partial charge in [0.25, 0.3) is 5.56 Å². The van der Waals surface area contributed by atoms with E-state index in [4.69, 9.17) is 9.47 Å². The number of anilines is 1. The Bertz CT molecular complexity index is 1500. The summed E-state index contributed by atoms with van der Waals surface area (Å²) in [6.45, 7) is 5.96. The summed E-state index contributed by atoms with van der Waals surface area (Å²) in [4.78, 5) is 33.8. The average Bonchev–Trinajstić information content (AvgIpc) is 3.15. The van der Waals surface area contributed by atoms with Gasteiger partial charge in [0, 0.05) is 19.8 Å². The van der Waals surface area contributed by atoms with Gasteiger partial charge in [0.2, 0.25) is 0 Å². The quantitative estimate of drug-likeness (QED) is 0.495. The number of carbonyl (C=O) groups excluding carboxylic acids is 1. The molecule has 4 rings (SSSR count). The molecule has 2 aromatic carbocycles. The Morgan fingerprint density at radius 2 is 1.89 bits per heavy atom. The summed E-state index contributed by atoms with van der Waals surface area (Å²) >= 11 is 1.25. The maximum Gasteiger partial charge on any atom is 0.338 e. The first-order valence-corrected chi connectivity index (χ1v) is 12.5. The number of phenols is 1. The molecule has 0 saturated heterocycles. The van der Waals surface area contributed by atoms with Crippen molar-refractivity contribution in [1.29, 1.82) is 0 Å². The number of ether oxygens (including phenoxy) is 2. The Morgan fingerprint density at radius 1 is 1.17 bits per heavy atom. The first-order valence-electron chi connectivity index (χ1n) is 11.7. The number of thiazole rings is 1. The van der Waals surface area contributed by atoms with Crippen LogP contribution in [-0.2, 0) is 9.53 Å². The van der Waals surface area contributed by atoms with E-state index in [0.29, 0.717) is 38.5 Å². The van der Waals surface area contributed by atoms with Gasteiger partial charge >= 0.3 is 5.97 Å². The van der Waals surface area contributed by atoms with Crippen LogP contribution in [0.2, 0.25) is 0 Å². The maximum absolute atomic E-state index is 13.7. The molecule has 3 aromatic rings. The number of nitrogens with zero attached hydrogens (tertiary/aromatic N) is 3. The highest BCUT2D eigenvalue weighted by molar-refractivity contribution is 7.07. The molecule has 0 bridgehead atoms. The van der Waals surface area contributed by atoms with E-state index < -0.39 is 12.0 Å². The fraction of sp³-hybridized carbons (Fsp3) is 0.296. The number of esters is 1. The van der Waals surface area contributed by atoms with Gasteiger partial charge in [-0.3, -0.25) is 9.36 Å². The van der Waals surface area contributed by atoms with E-state index in [9.17, 15) is 14.7 Å². The van der Waals surface area contributed by atoms with Crippen LogP contribution in [0.5, 0.6) is 11.5 Å². The van der Waals surface area contributed by atoms with Crippen molar-refractivity contribution in [2.45, 2.75) is 26.8 Å². The molecule has 0 radical (unpaired) electrons. The molecule has 36 heavy (non-hydrogen) atoms. The minimum Gasteiger partial charge on any atom is -0.504 e. The van der Waals surface area contributed by atoms with E-state index in [1.807, 2.05) is 50.2 Å². The summed E-state index contributed by atoms with van der Waals surface area (Å²) in [7, 11) is 3.90. The van der Waals surface area contributed by atoms with Gasteiger partial charge in [0.1, 0.15) is 0 Å². The number of aromatic nitrogens is 1. The van der Waals surface area contributed by atoms with Crippen LogP contribution in [0.3, 0.4) is 0 Å². The van der Waals surface area contributed by atoms with Gasteiger partial charge in [0.05, 0.1) is 35.1 Å². The number of carbonyl (C=O) groups is 1. The number of hydrogen-bond donors (Lipinski definition) is 1. The van der Waals surface area contributed by atoms with Crippen molar-refractivity contribution < 1.29 is 19.4 Å². The zero-order valence-corrected chi connectivity index (χ0v) is 21.8. The Hall–Kier alpha value is -3.85. The van der Waals surface area contributed by atoms with Gasteiger partial charge in [-0.05, 0) is 62.2 Å². The summed E-state index contributed by atoms with van der Waals surface area (Å²) in [5.74, 6) is -0.112. The van der Waals surface area contributed by atoms with Gasteiger partial charge in [-0.15, -0.1) is 0 Å². The largest absolute Gasteiger partial charge is 0.504 e. The fourth-order valence-electron chi connectivity index (χ4n) is 4.10. The molecular formula is C27H29N3O5S. The number of hydrogen-bond acceptors (Lipinski definition) is 8. The second kappa shape index (κ2) is 10.4. The molecule has 188 valence electrons. The molecule has 0 amide bonds. The third kappa shape index (κ3) is 4.79. The highest BCUT2D eigenvalue weighted by atomic mass is 32.1. The minimum absolute atomic E-state index is 0.0336. The Balaban J connectivity index is 1.90. The van der Waals surface area contributed by atoms with E-state index in [2.05, 4.69) is 4.99 Å². The van der Waals surface area contributed by atoms with Crippen molar-refractivity contribution in [2.75, 3.05) is 32.2 Å². The normalized spacial score (nSPS) is 15.4. The Labute approximate surface area is 213 Å². The van der Waals surface area contributed by atoms with Crippen LogP contribution in [0, 0.1) is 0 Å². The third-order valence-electron chi connectivity index (χ3n) is 5.82. The molecule has 9 heteroatoms. The minimum atomic E-state index is -0.669. The van der Waals surface area contributed by atoms with Crippen LogP contribution < -0.4 is 24.5 Å². The maximum atomic E-state index is 13.7. The summed E-state index contributed by atoms with van der Waals surface area (Å²) in [5, 5.41) is 10.0. The van der Waals surface area contributed by atoms with E-state index >= 15 is 0 Å². The Kier molecular flexibility index (Phi) is 7.30. The Morgan fingerprint density at radius 3 is 2.53 bits per heavy atom. The molecule has 2 heterocycles. The van der Waals surface area contributed by atoms with Crippen LogP contribution in [0.1, 0.15) is 37.9 Å². The monoisotopic (exact) mass is 507 g/mol. The number of rotatable bonds is 7. The first kappa shape index (κ1) is 25.2. The number of allylic oxidation sites excluding steroid dienone is 1. The summed E-state index contributed by atoms with van der Waals surface area (Å²) < 4.78 is 12.8. The molecule has 0 aliphatic carbocycles. The summed E-state index contributed by atoms with van der Waals surface area (Å²) in [6.07, 6.45) is 1.74. The average molecular weight is 508 g/mol. The van der Waals surface area contributed by atoms with Crippen molar-refractivity contribution in [1.82, 2.24) is 4.57 Å². The van der Waals surface area contributed by atoms with Crippen LogP contribution >= 0.6 is 11.3 Å². The first-order chi connectivity index (χ1) is 17.2. The van der Waals surface area contributed by atoms with E-state index in [1.54, 1.807) is 36.6 Å². The number of benzene rings is 2. The van der Waals surface area contributed by atoms with Crippen molar-refractivity contribution in [2.24, 2.45) is 4.99 Å². The summed E-state index contributed by atoms with van der Waals surface area (Å²) in [5.41, 5.74) is 3.09. The predicted octanol–water partition coefficient (Wildman–Crippen LogP) is 2.97. The van der Waals surface area contributed by atoms with Crippen LogP contribution in [0.25, 0.3) is 6.08 Å². The lowest BCUT2D eigenvalue weighted by atomic mass is 9.95. The van der Waals surface area contributed by atoms with Crippen molar-refractivity contribution >= 4 is 29.1 Å². The molecule has 1 unspecified atom stereocenters. The lowest BCUT2D eigenvalue weighted by Gasteiger charge is -2.25. The number of phenolic OH excluding ortho intramolecular Hbond substituents is 1. The lowest BCUT2D eigenvalue weighted by Crippen LogP contribution is -2.39. The smallest absolute Gasteiger partial charge is 0.338 e. The summed E-state index contributed by atoms with van der Waals surface area (Å²) in [6, 6.07) is 12.0. The molecule has 1 aliphatic heterocycles. The lowest BCUT2D eigenvalue weighted by molar-refractivity contribution is -0.139. The molecule has 0 saturated carbocycles. The van der Waals surface area contributed by atoms with Crippen LogP contribution in [0.4, 0.5) is 5.69 Å². The number of aromatic hydroxyl groups is 1. The van der Waals surface area contributed by atoms with Crippen molar-refractivity contribution in [3.63, 3.8) is 0 Å². The van der Waals surface area contributed by atoms with E-state index in [0.717, 1.165) is 11.3 Å². The molecule has 1 aromatic heterocycles. The molecule has 1 aliphatic rings. The highest BCUT2D eigenvalue weighted by Gasteiger charge is 2.33. The zero-order valence-electron chi connectivity index (χ0n) is 20.9. The van der Waals surface area contributed by atoms with Gasteiger partial charge in [-0.25, -0.2) is 9.79 Å². The molecule has 8 nitrogen and oxygen atoms in total. The van der Waals surface area contributed by atoms with Gasteiger partial charge in [-0.2, -0.15) is 0 Å². The second-order valence-electron chi connectivity index (χ2n) is 8.45. The van der Waals surface area contributed by atoms with Crippen LogP contribution in [-0.4, -0.2) is 43.0 Å².